The van der Waals surface area contributed by atoms with Gasteiger partial charge in [-0.1, -0.05) is 168 Å². The van der Waals surface area contributed by atoms with Gasteiger partial charge in [0.15, 0.2) is 6.10 Å². The predicted molar refractivity (Wildman–Crippen MR) is 254 cm³/mol. The summed E-state index contributed by atoms with van der Waals surface area (Å²) in [5.74, 6) is -1.45. The zero-order chi connectivity index (χ0) is 48.1. The minimum atomic E-state index is -4.73. The molecule has 65 heavy (non-hydrogen) atoms. The first-order valence-electron chi connectivity index (χ1n) is 25.7. The second-order valence-corrected chi connectivity index (χ2v) is 20.5. The lowest BCUT2D eigenvalue weighted by Crippen LogP contribution is -2.30. The number of carbonyl (C=O) groups excluding carboxylic acids is 3. The highest BCUT2D eigenvalue weighted by molar-refractivity contribution is 7.47. The van der Waals surface area contributed by atoms with E-state index in [2.05, 4.69) is 25.3 Å². The average molecular weight is 949 g/mol. The van der Waals surface area contributed by atoms with Gasteiger partial charge in [-0.2, -0.15) is 0 Å². The minimum absolute atomic E-state index is 0.0479. The number of ketones is 1. The van der Waals surface area contributed by atoms with Crippen LogP contribution in [-0.2, 0) is 37.5 Å². The number of Topliss-reactive ketones (excluding diaryl/α,β-unsaturated/α-hetero) is 1. The smallest absolute Gasteiger partial charge is 0.462 e. The van der Waals surface area contributed by atoms with Gasteiger partial charge in [0.25, 0.3) is 0 Å². The number of phosphoric acid groups is 1. The highest BCUT2D eigenvalue weighted by Crippen LogP contribution is 2.43. The molecule has 0 amide bonds. The van der Waals surface area contributed by atoms with E-state index in [-0.39, 0.29) is 44.3 Å². The molecule has 0 heterocycles. The Morgan fingerprint density at radius 1 is 0.646 bits per heavy atom. The average Bonchev–Trinajstić information content (AvgIpc) is 3.53. The molecular weight excluding hydrogens is 856 g/mol. The highest BCUT2D eigenvalue weighted by atomic mass is 31.2. The third-order valence-electron chi connectivity index (χ3n) is 12.3. The molecule has 15 heteroatoms. The number of aliphatic hydroxyl groups is 5. The Morgan fingerprint density at radius 2 is 1.14 bits per heavy atom. The van der Waals surface area contributed by atoms with Crippen molar-refractivity contribution < 1.29 is 67.9 Å². The van der Waals surface area contributed by atoms with Crippen molar-refractivity contribution in [3.63, 3.8) is 0 Å². The summed E-state index contributed by atoms with van der Waals surface area (Å²) in [6.45, 7) is 4.23. The summed E-state index contributed by atoms with van der Waals surface area (Å²) in [6, 6.07) is 0. The first kappa shape index (κ1) is 61.3. The topological polar surface area (TPSA) is 227 Å². The van der Waals surface area contributed by atoms with E-state index >= 15 is 0 Å². The van der Waals surface area contributed by atoms with E-state index < -0.39 is 88.5 Å². The largest absolute Gasteiger partial charge is 0.472 e. The monoisotopic (exact) mass is 949 g/mol. The van der Waals surface area contributed by atoms with E-state index in [1.165, 1.54) is 96.3 Å². The maximum Gasteiger partial charge on any atom is 0.472 e. The van der Waals surface area contributed by atoms with Crippen molar-refractivity contribution in [3.05, 3.63) is 12.2 Å². The molecule has 0 aromatic rings. The lowest BCUT2D eigenvalue weighted by molar-refractivity contribution is -0.161. The van der Waals surface area contributed by atoms with Crippen molar-refractivity contribution in [1.29, 1.82) is 0 Å². The molecule has 0 aromatic heterocycles. The maximum atomic E-state index is 12.9. The summed E-state index contributed by atoms with van der Waals surface area (Å²) in [5, 5.41) is 49.8. The van der Waals surface area contributed by atoms with Crippen molar-refractivity contribution in [1.82, 2.24) is 0 Å². The lowest BCUT2D eigenvalue weighted by atomic mass is 9.87. The van der Waals surface area contributed by atoms with Crippen molar-refractivity contribution >= 4 is 25.5 Å². The zero-order valence-corrected chi connectivity index (χ0v) is 41.6. The molecule has 1 rings (SSSR count). The molecule has 0 aromatic carbocycles. The summed E-state index contributed by atoms with van der Waals surface area (Å²) in [4.78, 5) is 48.3. The van der Waals surface area contributed by atoms with Crippen LogP contribution in [0.5, 0.6) is 0 Å². The third kappa shape index (κ3) is 34.2. The summed E-state index contributed by atoms with van der Waals surface area (Å²) in [5.41, 5.74) is 0. The number of aliphatic hydroxyl groups excluding tert-OH is 5. The van der Waals surface area contributed by atoms with Crippen LogP contribution in [0, 0.1) is 17.8 Å². The second-order valence-electron chi connectivity index (χ2n) is 19.0. The molecule has 0 spiro atoms. The van der Waals surface area contributed by atoms with E-state index in [1.807, 2.05) is 0 Å². The fourth-order valence-corrected chi connectivity index (χ4v) is 9.08. The third-order valence-corrected chi connectivity index (χ3v) is 13.3. The van der Waals surface area contributed by atoms with Gasteiger partial charge in [0, 0.05) is 43.9 Å². The van der Waals surface area contributed by atoms with Gasteiger partial charge in [-0.15, -0.1) is 0 Å². The minimum Gasteiger partial charge on any atom is -0.462 e. The fraction of sp³-hybridized carbons (Fsp3) is 0.900. The van der Waals surface area contributed by atoms with Gasteiger partial charge in [0.05, 0.1) is 38.1 Å². The quantitative estimate of drug-likeness (QED) is 0.0145. The second kappa shape index (κ2) is 39.1. The van der Waals surface area contributed by atoms with Crippen LogP contribution in [0.3, 0.4) is 0 Å². The van der Waals surface area contributed by atoms with Gasteiger partial charge in [-0.25, -0.2) is 4.57 Å². The summed E-state index contributed by atoms with van der Waals surface area (Å²) in [6.07, 6.45) is 26.6. The molecule has 1 fully saturated rings. The van der Waals surface area contributed by atoms with Gasteiger partial charge in [0.2, 0.25) is 0 Å². The normalized spacial score (nSPS) is 20.0. The Hall–Kier alpha value is -1.74. The Bertz CT molecular complexity index is 1280. The van der Waals surface area contributed by atoms with E-state index in [9.17, 15) is 44.3 Å². The SMILES string of the molecule is CCCCC[C@H](O)/C=C/[C@@H]1[C@@H](CC(=O)CCCCC(=O)O[C@H](COC(=O)CCCCCCCCCCCCCCCCCCCCC(C)C)COP(=O)(O)OC[C@@H](O)CO)[C@@H](O)C[C@H]1O. The Balaban J connectivity index is 2.37. The summed E-state index contributed by atoms with van der Waals surface area (Å²) < 4.78 is 32.7. The van der Waals surface area contributed by atoms with Crippen LogP contribution in [0.25, 0.3) is 0 Å². The van der Waals surface area contributed by atoms with Crippen molar-refractivity contribution in [2.24, 2.45) is 17.8 Å². The van der Waals surface area contributed by atoms with E-state index in [0.29, 0.717) is 19.3 Å². The van der Waals surface area contributed by atoms with Crippen molar-refractivity contribution in [2.45, 2.75) is 244 Å². The van der Waals surface area contributed by atoms with Crippen LogP contribution in [0.1, 0.15) is 213 Å². The number of hydrogen-bond acceptors (Lipinski definition) is 13. The highest BCUT2D eigenvalue weighted by Gasteiger charge is 2.41. The molecule has 382 valence electrons. The molecule has 1 aliphatic carbocycles. The van der Waals surface area contributed by atoms with Gasteiger partial charge >= 0.3 is 19.8 Å². The maximum absolute atomic E-state index is 12.9. The molecule has 6 N–H and O–H groups in total. The number of unbranched alkanes of at least 4 members (excludes halogenated alkanes) is 20. The first-order chi connectivity index (χ1) is 31.2. The molecule has 1 unspecified atom stereocenters. The number of esters is 2. The molecule has 0 bridgehead atoms. The number of rotatable bonds is 44. The molecular formula is C50H93O14P. The van der Waals surface area contributed by atoms with Crippen LogP contribution in [-0.4, -0.2) is 105 Å². The Labute approximate surface area is 392 Å². The van der Waals surface area contributed by atoms with Crippen LogP contribution < -0.4 is 0 Å². The van der Waals surface area contributed by atoms with Gasteiger partial charge in [-0.05, 0) is 31.6 Å². The van der Waals surface area contributed by atoms with E-state index in [1.54, 1.807) is 12.2 Å². The fourth-order valence-electron chi connectivity index (χ4n) is 8.29. The summed E-state index contributed by atoms with van der Waals surface area (Å²) in [7, 11) is -4.73. The standard InChI is InChI=1S/C50H93O14P/c1-4-5-22-28-41(52)32-33-45-46(48(56)35-47(45)55)34-42(53)29-25-26-31-50(58)64-44(39-63-65(59,60)62-37-43(54)36-51)38-61-49(57)30-24-21-19-17-15-13-11-9-7-6-8-10-12-14-16-18-20-23-27-40(2)3/h32-33,40-41,43-48,51-52,54-56H,4-31,34-39H2,1-3H3,(H,59,60)/b33-32+/t41-,43-,44+,45+,46+,47+,48-/m0/s1. The molecule has 1 saturated carbocycles. The molecule has 0 saturated heterocycles. The number of carbonyl (C=O) groups is 3. The van der Waals surface area contributed by atoms with E-state index in [0.717, 1.165) is 44.4 Å². The number of hydrogen-bond donors (Lipinski definition) is 6. The Kier molecular flexibility index (Phi) is 36.9. The van der Waals surface area contributed by atoms with E-state index in [4.69, 9.17) is 19.1 Å². The van der Waals surface area contributed by atoms with Crippen LogP contribution in [0.2, 0.25) is 0 Å². The van der Waals surface area contributed by atoms with Crippen LogP contribution >= 0.6 is 7.82 Å². The molecule has 8 atom stereocenters. The lowest BCUT2D eigenvalue weighted by Gasteiger charge is -2.21. The molecule has 14 nitrogen and oxygen atoms in total. The van der Waals surface area contributed by atoms with Gasteiger partial charge in [0.1, 0.15) is 18.5 Å². The van der Waals surface area contributed by atoms with Crippen LogP contribution in [0.15, 0.2) is 12.2 Å². The van der Waals surface area contributed by atoms with Crippen molar-refractivity contribution in [3.8, 4) is 0 Å². The van der Waals surface area contributed by atoms with Gasteiger partial charge < -0.3 is 39.9 Å². The molecule has 0 aliphatic heterocycles. The zero-order valence-electron chi connectivity index (χ0n) is 40.7. The Morgan fingerprint density at radius 3 is 1.69 bits per heavy atom. The number of phosphoric ester groups is 1. The first-order valence-corrected chi connectivity index (χ1v) is 27.2. The van der Waals surface area contributed by atoms with Crippen molar-refractivity contribution in [2.75, 3.05) is 26.4 Å². The molecule has 1 aliphatic rings. The summed E-state index contributed by atoms with van der Waals surface area (Å²) >= 11 is 0. The predicted octanol–water partition coefficient (Wildman–Crippen LogP) is 9.76. The number of ether oxygens (including phenoxy) is 2. The van der Waals surface area contributed by atoms with Crippen LogP contribution in [0.4, 0.5) is 0 Å². The van der Waals surface area contributed by atoms with Gasteiger partial charge in [-0.3, -0.25) is 23.4 Å². The molecule has 0 radical (unpaired) electrons.